The Labute approximate surface area is 132 Å². The number of carbonyl (C=O) groups is 2. The van der Waals surface area contributed by atoms with Crippen molar-refractivity contribution in [3.05, 3.63) is 29.3 Å². The van der Waals surface area contributed by atoms with Crippen LogP contribution in [0.4, 0.5) is 5.69 Å². The fourth-order valence-corrected chi connectivity index (χ4v) is 2.79. The quantitative estimate of drug-likeness (QED) is 0.893. The molecule has 1 aromatic carbocycles. The SMILES string of the molecule is Cc1cc(C)cc(N2C[C@H](C(=O)NCCN(C)C)CC2=O)c1. The molecule has 5 nitrogen and oxygen atoms in total. The van der Waals surface area contributed by atoms with Gasteiger partial charge in [0.15, 0.2) is 0 Å². The highest BCUT2D eigenvalue weighted by Crippen LogP contribution is 2.26. The van der Waals surface area contributed by atoms with E-state index in [0.717, 1.165) is 23.4 Å². The maximum Gasteiger partial charge on any atom is 0.227 e. The maximum atomic E-state index is 12.2. The predicted molar refractivity (Wildman–Crippen MR) is 87.9 cm³/mol. The highest BCUT2D eigenvalue weighted by atomic mass is 16.2. The van der Waals surface area contributed by atoms with E-state index in [2.05, 4.69) is 11.4 Å². The lowest BCUT2D eigenvalue weighted by Gasteiger charge is -2.18. The lowest BCUT2D eigenvalue weighted by atomic mass is 10.1. The third-order valence-electron chi connectivity index (χ3n) is 3.87. The van der Waals surface area contributed by atoms with E-state index < -0.39 is 0 Å². The van der Waals surface area contributed by atoms with Crippen molar-refractivity contribution in [3.8, 4) is 0 Å². The Hall–Kier alpha value is -1.88. The van der Waals surface area contributed by atoms with Gasteiger partial charge in [-0.05, 0) is 51.2 Å². The van der Waals surface area contributed by atoms with Crippen molar-refractivity contribution in [2.24, 2.45) is 5.92 Å². The van der Waals surface area contributed by atoms with E-state index in [0.29, 0.717) is 19.5 Å². The lowest BCUT2D eigenvalue weighted by molar-refractivity contribution is -0.126. The van der Waals surface area contributed by atoms with Gasteiger partial charge in [0.25, 0.3) is 0 Å². The van der Waals surface area contributed by atoms with Gasteiger partial charge in [0, 0.05) is 31.7 Å². The number of benzene rings is 1. The van der Waals surface area contributed by atoms with Crippen molar-refractivity contribution < 1.29 is 9.59 Å². The summed E-state index contributed by atoms with van der Waals surface area (Å²) in [5.74, 6) is -0.254. The van der Waals surface area contributed by atoms with Crippen molar-refractivity contribution in [2.75, 3.05) is 38.6 Å². The van der Waals surface area contributed by atoms with E-state index in [9.17, 15) is 9.59 Å². The summed E-state index contributed by atoms with van der Waals surface area (Å²) in [6.07, 6.45) is 0.292. The normalized spacial score (nSPS) is 18.1. The number of nitrogens with one attached hydrogen (secondary N) is 1. The summed E-state index contributed by atoms with van der Waals surface area (Å²) in [7, 11) is 3.93. The van der Waals surface area contributed by atoms with Gasteiger partial charge in [-0.3, -0.25) is 9.59 Å². The second kappa shape index (κ2) is 6.92. The average molecular weight is 303 g/mol. The molecule has 120 valence electrons. The first-order chi connectivity index (χ1) is 10.4. The Balaban J connectivity index is 1.99. The Morgan fingerprint density at radius 1 is 1.27 bits per heavy atom. The molecule has 0 unspecified atom stereocenters. The number of nitrogens with zero attached hydrogens (tertiary/aromatic N) is 2. The summed E-state index contributed by atoms with van der Waals surface area (Å²) in [4.78, 5) is 28.2. The minimum absolute atomic E-state index is 0.0257. The monoisotopic (exact) mass is 303 g/mol. The van der Waals surface area contributed by atoms with Gasteiger partial charge < -0.3 is 15.1 Å². The van der Waals surface area contributed by atoms with Gasteiger partial charge in [0.2, 0.25) is 11.8 Å². The summed E-state index contributed by atoms with van der Waals surface area (Å²) >= 11 is 0. The predicted octanol–water partition coefficient (Wildman–Crippen LogP) is 1.33. The molecule has 0 saturated carbocycles. The molecule has 1 N–H and O–H groups in total. The minimum atomic E-state index is -0.254. The molecule has 2 rings (SSSR count). The third-order valence-corrected chi connectivity index (χ3v) is 3.87. The molecule has 22 heavy (non-hydrogen) atoms. The molecule has 1 aliphatic rings. The molecular weight excluding hydrogens is 278 g/mol. The van der Waals surface area contributed by atoms with Crippen molar-refractivity contribution >= 4 is 17.5 Å². The van der Waals surface area contributed by atoms with Gasteiger partial charge in [-0.2, -0.15) is 0 Å². The van der Waals surface area contributed by atoms with Crippen LogP contribution < -0.4 is 10.2 Å². The topological polar surface area (TPSA) is 52.7 Å². The molecule has 0 aliphatic carbocycles. The van der Waals surface area contributed by atoms with E-state index in [1.54, 1.807) is 4.90 Å². The van der Waals surface area contributed by atoms with Gasteiger partial charge >= 0.3 is 0 Å². The molecule has 1 heterocycles. The number of aryl methyl sites for hydroxylation is 2. The smallest absolute Gasteiger partial charge is 0.227 e. The largest absolute Gasteiger partial charge is 0.355 e. The molecule has 1 aromatic rings. The fourth-order valence-electron chi connectivity index (χ4n) is 2.79. The molecule has 0 aromatic heterocycles. The summed E-state index contributed by atoms with van der Waals surface area (Å²) in [6, 6.07) is 6.07. The zero-order valence-electron chi connectivity index (χ0n) is 13.8. The number of amides is 2. The minimum Gasteiger partial charge on any atom is -0.355 e. The average Bonchev–Trinajstić information content (AvgIpc) is 2.79. The van der Waals surface area contributed by atoms with E-state index >= 15 is 0 Å². The Bertz CT molecular complexity index is 549. The summed E-state index contributed by atoms with van der Waals surface area (Å²) in [5.41, 5.74) is 3.15. The lowest BCUT2D eigenvalue weighted by Crippen LogP contribution is -2.36. The van der Waals surface area contributed by atoms with Gasteiger partial charge in [-0.1, -0.05) is 6.07 Å². The van der Waals surface area contributed by atoms with Crippen LogP contribution in [0.1, 0.15) is 17.5 Å². The first-order valence-corrected chi connectivity index (χ1v) is 7.68. The summed E-state index contributed by atoms with van der Waals surface area (Å²) < 4.78 is 0. The molecule has 1 atom stereocenters. The molecule has 5 heteroatoms. The second-order valence-corrected chi connectivity index (χ2v) is 6.35. The molecule has 1 saturated heterocycles. The first-order valence-electron chi connectivity index (χ1n) is 7.68. The summed E-state index contributed by atoms with van der Waals surface area (Å²) in [6.45, 7) is 5.91. The van der Waals surface area contributed by atoms with Crippen LogP contribution >= 0.6 is 0 Å². The van der Waals surface area contributed by atoms with Crippen LogP contribution in [0.2, 0.25) is 0 Å². The zero-order valence-corrected chi connectivity index (χ0v) is 13.8. The standard InChI is InChI=1S/C17H25N3O2/c1-12-7-13(2)9-15(8-12)20-11-14(10-16(20)21)17(22)18-5-6-19(3)4/h7-9,14H,5-6,10-11H2,1-4H3,(H,18,22)/t14-/m1/s1. The van der Waals surface area contributed by atoms with Crippen LogP contribution in [-0.4, -0.2) is 50.4 Å². The molecular formula is C17H25N3O2. The molecule has 1 aliphatic heterocycles. The number of anilines is 1. The van der Waals surface area contributed by atoms with Crippen molar-refractivity contribution in [1.82, 2.24) is 10.2 Å². The second-order valence-electron chi connectivity index (χ2n) is 6.35. The molecule has 2 amide bonds. The number of rotatable bonds is 5. The van der Waals surface area contributed by atoms with Crippen molar-refractivity contribution in [2.45, 2.75) is 20.3 Å². The van der Waals surface area contributed by atoms with Gasteiger partial charge in [-0.15, -0.1) is 0 Å². The zero-order chi connectivity index (χ0) is 16.3. The van der Waals surface area contributed by atoms with Gasteiger partial charge in [0.05, 0.1) is 5.92 Å². The molecule has 0 radical (unpaired) electrons. The highest BCUT2D eigenvalue weighted by Gasteiger charge is 2.35. The fraction of sp³-hybridized carbons (Fsp3) is 0.529. The van der Waals surface area contributed by atoms with E-state index in [-0.39, 0.29) is 17.7 Å². The number of likely N-dealkylation sites (N-methyl/N-ethyl adjacent to an activating group) is 1. The number of hydrogen-bond donors (Lipinski definition) is 1. The third kappa shape index (κ3) is 4.07. The van der Waals surface area contributed by atoms with Crippen LogP contribution in [0.3, 0.4) is 0 Å². The number of carbonyl (C=O) groups excluding carboxylic acids is 2. The highest BCUT2D eigenvalue weighted by molar-refractivity contribution is 6.00. The maximum absolute atomic E-state index is 12.2. The van der Waals surface area contributed by atoms with Crippen molar-refractivity contribution in [1.29, 1.82) is 0 Å². The van der Waals surface area contributed by atoms with Crippen LogP contribution in [0.5, 0.6) is 0 Å². The molecule has 0 spiro atoms. The van der Waals surface area contributed by atoms with Gasteiger partial charge in [0.1, 0.15) is 0 Å². The van der Waals surface area contributed by atoms with Crippen LogP contribution in [0.15, 0.2) is 18.2 Å². The van der Waals surface area contributed by atoms with E-state index in [1.807, 2.05) is 45.0 Å². The molecule has 1 fully saturated rings. The van der Waals surface area contributed by atoms with E-state index in [1.165, 1.54) is 0 Å². The van der Waals surface area contributed by atoms with Gasteiger partial charge in [-0.25, -0.2) is 0 Å². The first kappa shape index (κ1) is 16.5. The van der Waals surface area contributed by atoms with Crippen molar-refractivity contribution in [3.63, 3.8) is 0 Å². The molecule has 0 bridgehead atoms. The summed E-state index contributed by atoms with van der Waals surface area (Å²) in [5, 5.41) is 2.91. The van der Waals surface area contributed by atoms with Crippen LogP contribution in [0.25, 0.3) is 0 Å². The Kier molecular flexibility index (Phi) is 5.19. The Morgan fingerprint density at radius 2 is 1.91 bits per heavy atom. The van der Waals surface area contributed by atoms with Crippen LogP contribution in [-0.2, 0) is 9.59 Å². The Morgan fingerprint density at radius 3 is 2.50 bits per heavy atom. The van der Waals surface area contributed by atoms with Crippen LogP contribution in [0, 0.1) is 19.8 Å². The van der Waals surface area contributed by atoms with E-state index in [4.69, 9.17) is 0 Å². The number of hydrogen-bond acceptors (Lipinski definition) is 3.